The van der Waals surface area contributed by atoms with Crippen LogP contribution >= 0.6 is 0 Å². The second kappa shape index (κ2) is 6.39. The lowest BCUT2D eigenvalue weighted by Crippen LogP contribution is -2.30. The quantitative estimate of drug-likeness (QED) is 0.721. The smallest absolute Gasteiger partial charge is 0.322 e. The summed E-state index contributed by atoms with van der Waals surface area (Å²) in [5.41, 5.74) is 0.604. The van der Waals surface area contributed by atoms with Crippen molar-refractivity contribution in [2.24, 2.45) is 0 Å². The Kier molecular flexibility index (Phi) is 4.86. The second-order valence-electron chi connectivity index (χ2n) is 3.52. The first kappa shape index (κ1) is 13.7. The highest BCUT2D eigenvalue weighted by Crippen LogP contribution is 2.15. The third-order valence-corrected chi connectivity index (χ3v) is 2.17. The summed E-state index contributed by atoms with van der Waals surface area (Å²) in [6.07, 6.45) is 0.297. The summed E-state index contributed by atoms with van der Waals surface area (Å²) < 4.78 is 0. The molecule has 0 aromatic heterocycles. The number of amides is 2. The molecule has 0 bridgehead atoms. The van der Waals surface area contributed by atoms with E-state index in [4.69, 9.17) is 5.11 Å². The molecule has 0 heterocycles. The van der Waals surface area contributed by atoms with E-state index >= 15 is 0 Å². The van der Waals surface area contributed by atoms with Crippen molar-refractivity contribution in [2.45, 2.75) is 13.3 Å². The molecule has 1 aromatic carbocycles. The fourth-order valence-electron chi connectivity index (χ4n) is 1.28. The van der Waals surface area contributed by atoms with Crippen LogP contribution in [0, 0.1) is 0 Å². The average molecular weight is 250 g/mol. The van der Waals surface area contributed by atoms with Crippen molar-refractivity contribution in [1.29, 1.82) is 0 Å². The first-order valence-electron chi connectivity index (χ1n) is 5.43. The summed E-state index contributed by atoms with van der Waals surface area (Å²) in [5, 5.41) is 13.3. The van der Waals surface area contributed by atoms with Gasteiger partial charge in [-0.1, -0.05) is 19.1 Å². The topological polar surface area (TPSA) is 95.5 Å². The molecule has 0 unspecified atom stereocenters. The van der Waals surface area contributed by atoms with Crippen LogP contribution in [0.25, 0.3) is 0 Å². The van der Waals surface area contributed by atoms with Crippen LogP contribution in [0.2, 0.25) is 0 Å². The van der Waals surface area contributed by atoms with Gasteiger partial charge in [-0.2, -0.15) is 0 Å². The molecule has 0 atom stereocenters. The molecule has 0 aliphatic heterocycles. The van der Waals surface area contributed by atoms with Crippen molar-refractivity contribution >= 4 is 23.5 Å². The van der Waals surface area contributed by atoms with Gasteiger partial charge >= 0.3 is 5.97 Å². The Morgan fingerprint density at radius 1 is 1.22 bits per heavy atom. The summed E-state index contributed by atoms with van der Waals surface area (Å²) >= 11 is 0. The monoisotopic (exact) mass is 250 g/mol. The summed E-state index contributed by atoms with van der Waals surface area (Å²) in [5.74, 6) is -1.88. The number of hydrogen-bond donors (Lipinski definition) is 3. The zero-order chi connectivity index (χ0) is 13.5. The van der Waals surface area contributed by atoms with E-state index < -0.39 is 18.4 Å². The Hall–Kier alpha value is -2.37. The molecule has 1 rings (SSSR count). The van der Waals surface area contributed by atoms with Crippen molar-refractivity contribution in [3.8, 4) is 0 Å². The van der Waals surface area contributed by atoms with E-state index in [-0.39, 0.29) is 11.5 Å². The highest BCUT2D eigenvalue weighted by atomic mass is 16.4. The maximum absolute atomic E-state index is 11.7. The van der Waals surface area contributed by atoms with Gasteiger partial charge in [-0.15, -0.1) is 0 Å². The number of para-hydroxylation sites is 1. The van der Waals surface area contributed by atoms with Gasteiger partial charge in [0.25, 0.3) is 5.91 Å². The van der Waals surface area contributed by atoms with Gasteiger partial charge in [0, 0.05) is 6.42 Å². The van der Waals surface area contributed by atoms with Crippen LogP contribution in [0.5, 0.6) is 0 Å². The number of carboxylic acid groups (broad SMARTS) is 1. The van der Waals surface area contributed by atoms with Gasteiger partial charge < -0.3 is 15.7 Å². The molecule has 96 valence electrons. The van der Waals surface area contributed by atoms with Crippen molar-refractivity contribution in [1.82, 2.24) is 5.32 Å². The fourth-order valence-corrected chi connectivity index (χ4v) is 1.28. The minimum Gasteiger partial charge on any atom is -0.480 e. The number of carboxylic acids is 1. The van der Waals surface area contributed by atoms with Gasteiger partial charge in [-0.05, 0) is 12.1 Å². The number of nitrogens with one attached hydrogen (secondary N) is 2. The molecule has 1 aromatic rings. The number of rotatable bonds is 5. The Labute approximate surface area is 104 Å². The Bertz CT molecular complexity index is 471. The van der Waals surface area contributed by atoms with E-state index in [0.29, 0.717) is 12.1 Å². The van der Waals surface area contributed by atoms with Gasteiger partial charge in [0.2, 0.25) is 5.91 Å². The van der Waals surface area contributed by atoms with Crippen LogP contribution in [0.4, 0.5) is 5.69 Å². The number of hydrogen-bond acceptors (Lipinski definition) is 3. The van der Waals surface area contributed by atoms with Crippen LogP contribution in [0.1, 0.15) is 23.7 Å². The molecular weight excluding hydrogens is 236 g/mol. The minimum atomic E-state index is -1.13. The molecule has 0 fully saturated rings. The Morgan fingerprint density at radius 3 is 2.50 bits per heavy atom. The Morgan fingerprint density at radius 2 is 1.89 bits per heavy atom. The molecule has 6 nitrogen and oxygen atoms in total. The first-order chi connectivity index (χ1) is 8.54. The summed E-state index contributed by atoms with van der Waals surface area (Å²) in [6.45, 7) is 1.23. The van der Waals surface area contributed by atoms with E-state index in [0.717, 1.165) is 0 Å². The van der Waals surface area contributed by atoms with Crippen molar-refractivity contribution < 1.29 is 19.5 Å². The molecule has 0 aliphatic carbocycles. The lowest BCUT2D eigenvalue weighted by Gasteiger charge is -2.09. The lowest BCUT2D eigenvalue weighted by molar-refractivity contribution is -0.135. The standard InChI is InChI=1S/C12H14N2O4/c1-2-10(15)14-9-6-4-3-5-8(9)12(18)13-7-11(16)17/h3-6H,2,7H2,1H3,(H,13,18)(H,14,15)(H,16,17). The summed E-state index contributed by atoms with van der Waals surface area (Å²) in [7, 11) is 0. The van der Waals surface area contributed by atoms with E-state index in [1.807, 2.05) is 0 Å². The van der Waals surface area contributed by atoms with Crippen molar-refractivity contribution in [2.75, 3.05) is 11.9 Å². The molecule has 0 aliphatic rings. The van der Waals surface area contributed by atoms with Gasteiger partial charge in [0.05, 0.1) is 11.3 Å². The molecular formula is C12H14N2O4. The molecule has 0 spiro atoms. The number of benzene rings is 1. The second-order valence-corrected chi connectivity index (χ2v) is 3.52. The highest BCUT2D eigenvalue weighted by molar-refractivity contribution is 6.04. The molecule has 3 N–H and O–H groups in total. The van der Waals surface area contributed by atoms with Crippen LogP contribution in [0.15, 0.2) is 24.3 Å². The fraction of sp³-hybridized carbons (Fsp3) is 0.250. The Balaban J connectivity index is 2.84. The zero-order valence-electron chi connectivity index (χ0n) is 9.90. The van der Waals surface area contributed by atoms with Gasteiger partial charge in [-0.3, -0.25) is 14.4 Å². The maximum atomic E-state index is 11.7. The zero-order valence-corrected chi connectivity index (χ0v) is 9.90. The normalized spacial score (nSPS) is 9.61. The van der Waals surface area contributed by atoms with E-state index in [2.05, 4.69) is 10.6 Å². The van der Waals surface area contributed by atoms with Gasteiger partial charge in [-0.25, -0.2) is 0 Å². The van der Waals surface area contributed by atoms with Crippen LogP contribution in [0.3, 0.4) is 0 Å². The van der Waals surface area contributed by atoms with Gasteiger partial charge in [0.15, 0.2) is 0 Å². The molecule has 6 heteroatoms. The van der Waals surface area contributed by atoms with Crippen molar-refractivity contribution in [3.63, 3.8) is 0 Å². The first-order valence-corrected chi connectivity index (χ1v) is 5.43. The number of anilines is 1. The molecule has 2 amide bonds. The molecule has 18 heavy (non-hydrogen) atoms. The summed E-state index contributed by atoms with van der Waals surface area (Å²) in [6, 6.07) is 6.42. The number of carbonyl (C=O) groups is 3. The number of carbonyl (C=O) groups excluding carboxylic acids is 2. The van der Waals surface area contributed by atoms with Crippen LogP contribution in [-0.4, -0.2) is 29.4 Å². The SMILES string of the molecule is CCC(=O)Nc1ccccc1C(=O)NCC(=O)O. The van der Waals surface area contributed by atoms with E-state index in [1.54, 1.807) is 25.1 Å². The third kappa shape index (κ3) is 3.89. The van der Waals surface area contributed by atoms with Crippen molar-refractivity contribution in [3.05, 3.63) is 29.8 Å². The van der Waals surface area contributed by atoms with Crippen LogP contribution < -0.4 is 10.6 Å². The largest absolute Gasteiger partial charge is 0.480 e. The molecule has 0 saturated carbocycles. The van der Waals surface area contributed by atoms with Gasteiger partial charge in [0.1, 0.15) is 6.54 Å². The average Bonchev–Trinajstić information content (AvgIpc) is 2.36. The van der Waals surface area contributed by atoms with E-state index in [9.17, 15) is 14.4 Å². The minimum absolute atomic E-state index is 0.214. The molecule has 0 radical (unpaired) electrons. The predicted octanol–water partition coefficient (Wildman–Crippen LogP) is 0.849. The summed E-state index contributed by atoms with van der Waals surface area (Å²) in [4.78, 5) is 33.4. The predicted molar refractivity (Wildman–Crippen MR) is 65.3 cm³/mol. The third-order valence-electron chi connectivity index (χ3n) is 2.17. The van der Waals surface area contributed by atoms with Crippen LogP contribution in [-0.2, 0) is 9.59 Å². The lowest BCUT2D eigenvalue weighted by atomic mass is 10.1. The molecule has 0 saturated heterocycles. The maximum Gasteiger partial charge on any atom is 0.322 e. The number of aliphatic carboxylic acids is 1. The van der Waals surface area contributed by atoms with E-state index in [1.165, 1.54) is 6.07 Å². The highest BCUT2D eigenvalue weighted by Gasteiger charge is 2.12.